The fraction of sp³-hybridized carbons (Fsp3) is 0.396. The van der Waals surface area contributed by atoms with Gasteiger partial charge in [-0.25, -0.2) is 49.8 Å². The fourth-order valence-corrected chi connectivity index (χ4v) is 19.0. The van der Waals surface area contributed by atoms with Crippen molar-refractivity contribution in [1.82, 2.24) is 97.6 Å². The van der Waals surface area contributed by atoms with Crippen LogP contribution in [-0.2, 0) is 51.1 Å². The molecular formula is C101H111Cl4N23O12. The highest BCUT2D eigenvalue weighted by atomic mass is 35.5. The number of hydrogen-bond donors (Lipinski definition) is 2. The maximum Gasteiger partial charge on any atom is 0.228 e. The Morgan fingerprint density at radius 3 is 0.864 bits per heavy atom. The van der Waals surface area contributed by atoms with Crippen LogP contribution in [-0.4, -0.2) is 253 Å². The van der Waals surface area contributed by atoms with Gasteiger partial charge in [-0.05, 0) is 147 Å². The summed E-state index contributed by atoms with van der Waals surface area (Å²) in [7, 11) is 0. The molecule has 8 aliphatic rings. The van der Waals surface area contributed by atoms with Crippen molar-refractivity contribution in [3.05, 3.63) is 216 Å². The second-order valence-corrected chi connectivity index (χ2v) is 35.6. The lowest BCUT2D eigenvalue weighted by molar-refractivity contribution is 0.0703. The van der Waals surface area contributed by atoms with Crippen molar-refractivity contribution in [2.75, 3.05) is 160 Å². The highest BCUT2D eigenvalue weighted by molar-refractivity contribution is 6.35. The van der Waals surface area contributed by atoms with Gasteiger partial charge in [-0.1, -0.05) is 128 Å². The Balaban J connectivity index is 0.000000117. The molecule has 8 aliphatic heterocycles. The normalized spacial score (nSPS) is 17.1. The van der Waals surface area contributed by atoms with E-state index in [1.807, 2.05) is 145 Å². The number of imidazole rings is 5. The van der Waals surface area contributed by atoms with E-state index in [0.717, 1.165) is 282 Å². The fourth-order valence-electron chi connectivity index (χ4n) is 18.4. The molecule has 0 radical (unpaired) electrons. The van der Waals surface area contributed by atoms with Crippen molar-refractivity contribution in [2.24, 2.45) is 0 Å². The zero-order valence-corrected chi connectivity index (χ0v) is 79.7. The van der Waals surface area contributed by atoms with E-state index in [4.69, 9.17) is 117 Å². The largest absolute Gasteiger partial charge is 0.508 e. The maximum absolute atomic E-state index is 9.96. The Morgan fingerprint density at radius 1 is 0.286 bits per heavy atom. The van der Waals surface area contributed by atoms with Crippen LogP contribution in [0.4, 0.5) is 17.8 Å². The van der Waals surface area contributed by atoms with E-state index < -0.39 is 0 Å². The van der Waals surface area contributed by atoms with E-state index in [1.54, 1.807) is 30.6 Å². The number of benzene rings is 6. The Bertz CT molecular complexity index is 6640. The number of phenolic OH excluding ortho intramolecular Hbond substituents is 2. The van der Waals surface area contributed by atoms with Crippen LogP contribution >= 0.6 is 47.2 Å². The molecule has 8 fully saturated rings. The molecule has 39 heteroatoms. The molecule has 35 nitrogen and oxygen atoms in total. The molecule has 18 heterocycles. The van der Waals surface area contributed by atoms with E-state index in [-0.39, 0.29) is 41.9 Å². The topological polar surface area (TPSA) is 360 Å². The standard InChI is InChI=1S/C27H29N5O3.C23H21ClN4O2.2C20H23N5O3.C10H10Cl2N4O.CH4.ClH/c1-2-5-20(6-3-1)18-35-23-8-4-7-21(17-23)24-25-26(30-27(29-24)31-11-15-34-16-12-31)32(19-28-25)22-9-13-33-14-10-22;24-23-26-20(21-22(27-23)28(15-25-21)18-9-11-29-12-10-18)17-7-4-8-19(13-17)30-14-16-5-2-1-3-6-16;2*26-16-3-1-2-14(12-16)17-18-19(23-20(22-17)24-6-10-28-11-7-24)25(13-21-18)15-4-8-27-9-5-15;11-8-7-9(15-10(12)14-8)16(5-13-7)6-1-3-17-4-2-6;;/h1-8,17,19,22H,9-16,18H2;1-8,13,15,18H,9-12,14H2;2*1-3,12-13,15,26H,4-11H2;5-6H,1-4H2;1H4;1H. The van der Waals surface area contributed by atoms with Gasteiger partial charge >= 0.3 is 0 Å². The lowest BCUT2D eigenvalue weighted by Crippen LogP contribution is -2.37. The summed E-state index contributed by atoms with van der Waals surface area (Å²) in [6.07, 6.45) is 18.7. The monoisotopic (exact) mass is 1980 g/mol. The van der Waals surface area contributed by atoms with Crippen LogP contribution in [0.15, 0.2) is 189 Å². The predicted molar refractivity (Wildman–Crippen MR) is 537 cm³/mol. The summed E-state index contributed by atoms with van der Waals surface area (Å²) in [6, 6.07) is 52.1. The van der Waals surface area contributed by atoms with Crippen LogP contribution in [0.3, 0.4) is 0 Å². The van der Waals surface area contributed by atoms with Gasteiger partial charge in [-0.2, -0.15) is 24.9 Å². The SMILES string of the molecule is C.Cl.Clc1nc(-c2cccc(OCc3ccccc3)c2)c2ncn(C3CCOCC3)c2n1.Clc1nc(Cl)c2ncn(C3CCOCC3)c2n1.Oc1cccc(-c2nc(N3CCOCC3)nc3c2ncn3C2CCOCC2)c1.Oc1cccc(-c2nc(N3CCOCC3)nc3c2ncn3C2CCOCC2)c1.c1ccc(COc2cccc(-c3nc(N4CCOCC4)nc4c3ncn4C3CCOCC3)c2)cc1. The first kappa shape index (κ1) is 97.7. The average Bonchev–Trinajstić information content (AvgIpc) is 1.84. The number of ether oxygens (including phenoxy) is 10. The molecule has 0 atom stereocenters. The highest BCUT2D eigenvalue weighted by Crippen LogP contribution is 2.40. The molecule has 140 heavy (non-hydrogen) atoms. The van der Waals surface area contributed by atoms with Crippen molar-refractivity contribution in [2.45, 2.75) is 115 Å². The zero-order valence-electron chi connectivity index (χ0n) is 76.6. The number of aromatic nitrogens is 20. The van der Waals surface area contributed by atoms with E-state index >= 15 is 0 Å². The van der Waals surface area contributed by atoms with Gasteiger partial charge in [0.05, 0.1) is 71.3 Å². The summed E-state index contributed by atoms with van der Waals surface area (Å²) in [4.78, 5) is 76.0. The first-order chi connectivity index (χ1) is 68.0. The molecule has 8 saturated heterocycles. The van der Waals surface area contributed by atoms with Gasteiger partial charge in [0.2, 0.25) is 28.4 Å². The van der Waals surface area contributed by atoms with Crippen molar-refractivity contribution < 1.29 is 57.6 Å². The summed E-state index contributed by atoms with van der Waals surface area (Å²) >= 11 is 18.1. The maximum atomic E-state index is 9.96. The molecule has 0 saturated carbocycles. The lowest BCUT2D eigenvalue weighted by atomic mass is 10.1. The summed E-state index contributed by atoms with van der Waals surface area (Å²) in [5, 5.41) is 20.6. The molecule has 10 aromatic heterocycles. The number of nitrogens with zero attached hydrogens (tertiary/aromatic N) is 23. The number of halogens is 4. The third-order valence-corrected chi connectivity index (χ3v) is 26.3. The Labute approximate surface area is 829 Å². The van der Waals surface area contributed by atoms with Crippen LogP contribution in [0.2, 0.25) is 15.7 Å². The first-order valence-corrected chi connectivity index (χ1v) is 48.3. The molecule has 0 aliphatic carbocycles. The molecule has 16 aromatic rings. The Morgan fingerprint density at radius 2 is 0.550 bits per heavy atom. The minimum atomic E-state index is 0. The van der Waals surface area contributed by atoms with Crippen LogP contribution in [0.25, 0.3) is 101 Å². The van der Waals surface area contributed by atoms with E-state index in [1.165, 1.54) is 0 Å². The first-order valence-electron chi connectivity index (χ1n) is 47.2. The van der Waals surface area contributed by atoms with Crippen LogP contribution in [0, 0.1) is 0 Å². The molecule has 0 spiro atoms. The van der Waals surface area contributed by atoms with Gasteiger partial charge in [-0.3, -0.25) is 0 Å². The molecule has 0 amide bonds. The number of phenols is 2. The van der Waals surface area contributed by atoms with Crippen molar-refractivity contribution in [3.8, 4) is 68.0 Å². The van der Waals surface area contributed by atoms with Gasteiger partial charge in [0.1, 0.15) is 86.6 Å². The van der Waals surface area contributed by atoms with Gasteiger partial charge < -0.3 is 95.1 Å². The third-order valence-electron chi connectivity index (χ3n) is 25.7. The number of aromatic hydroxyl groups is 2. The predicted octanol–water partition coefficient (Wildman–Crippen LogP) is 17.7. The quantitative estimate of drug-likeness (QED) is 0.0595. The van der Waals surface area contributed by atoms with Gasteiger partial charge in [0.15, 0.2) is 33.4 Å². The van der Waals surface area contributed by atoms with Gasteiger partial charge in [0, 0.05) is 158 Å². The van der Waals surface area contributed by atoms with E-state index in [0.29, 0.717) is 117 Å². The van der Waals surface area contributed by atoms with Crippen molar-refractivity contribution in [3.63, 3.8) is 0 Å². The Hall–Kier alpha value is -12.5. The Kier molecular flexibility index (Phi) is 32.6. The molecule has 24 rings (SSSR count). The lowest BCUT2D eigenvalue weighted by Gasteiger charge is -2.28. The van der Waals surface area contributed by atoms with Crippen molar-refractivity contribution >= 4 is 121 Å². The zero-order chi connectivity index (χ0) is 93.5. The van der Waals surface area contributed by atoms with E-state index in [9.17, 15) is 10.2 Å². The number of fused-ring (bicyclic) bond motifs is 5. The van der Waals surface area contributed by atoms with Crippen LogP contribution in [0.1, 0.15) is 113 Å². The minimum Gasteiger partial charge on any atom is -0.508 e. The van der Waals surface area contributed by atoms with Gasteiger partial charge in [0.25, 0.3) is 0 Å². The number of morpholine rings is 3. The second kappa shape index (κ2) is 46.7. The minimum absolute atomic E-state index is 0. The smallest absolute Gasteiger partial charge is 0.228 e. The molecule has 2 N–H and O–H groups in total. The van der Waals surface area contributed by atoms with Crippen LogP contribution < -0.4 is 24.2 Å². The van der Waals surface area contributed by atoms with Gasteiger partial charge in [-0.15, -0.1) is 12.4 Å². The number of hydrogen-bond acceptors (Lipinski definition) is 30. The van der Waals surface area contributed by atoms with Crippen LogP contribution in [0.5, 0.6) is 23.0 Å². The number of anilines is 3. The molecule has 0 bridgehead atoms. The summed E-state index contributed by atoms with van der Waals surface area (Å²) in [5.41, 5.74) is 16.5. The number of rotatable bonds is 18. The summed E-state index contributed by atoms with van der Waals surface area (Å²) < 4.78 is 66.7. The molecule has 0 unspecified atom stereocenters. The highest BCUT2D eigenvalue weighted by Gasteiger charge is 2.31. The second-order valence-electron chi connectivity index (χ2n) is 34.6. The molecule has 6 aromatic carbocycles. The van der Waals surface area contributed by atoms with Crippen molar-refractivity contribution in [1.29, 1.82) is 0 Å². The third kappa shape index (κ3) is 23.1. The average molecular weight is 1980 g/mol. The van der Waals surface area contributed by atoms with E-state index in [2.05, 4.69) is 91.0 Å². The summed E-state index contributed by atoms with van der Waals surface area (Å²) in [5.74, 6) is 4.08. The molecule has 730 valence electrons. The molecular weight excluding hydrogens is 1870 g/mol. The summed E-state index contributed by atoms with van der Waals surface area (Å²) in [6.45, 7) is 17.2.